The van der Waals surface area contributed by atoms with Gasteiger partial charge in [0.1, 0.15) is 5.82 Å². The highest BCUT2D eigenvalue weighted by molar-refractivity contribution is 7.89. The van der Waals surface area contributed by atoms with E-state index in [2.05, 4.69) is 4.74 Å². The van der Waals surface area contributed by atoms with Crippen LogP contribution in [-0.2, 0) is 19.6 Å². The molecule has 0 radical (unpaired) electrons. The SMILES string of the molecule is COC(=O)c1cc(F)ccc1S(=O)(=O)N1C2CCC1C(C(=O)O)C2. The molecule has 0 spiro atoms. The van der Waals surface area contributed by atoms with E-state index in [1.807, 2.05) is 0 Å². The molecule has 1 N–H and O–H groups in total. The number of carbonyl (C=O) groups is 2. The summed E-state index contributed by atoms with van der Waals surface area (Å²) in [5, 5.41) is 9.26. The van der Waals surface area contributed by atoms with Crippen LogP contribution in [0.15, 0.2) is 23.1 Å². The first-order valence-corrected chi connectivity index (χ1v) is 8.85. The molecule has 2 fully saturated rings. The van der Waals surface area contributed by atoms with Crippen LogP contribution in [0.2, 0.25) is 0 Å². The van der Waals surface area contributed by atoms with Gasteiger partial charge in [0.25, 0.3) is 0 Å². The summed E-state index contributed by atoms with van der Waals surface area (Å²) in [6, 6.07) is 1.71. The number of nitrogens with zero attached hydrogens (tertiary/aromatic N) is 1. The van der Waals surface area contributed by atoms with Crippen LogP contribution in [0.25, 0.3) is 0 Å². The maximum Gasteiger partial charge on any atom is 0.339 e. The van der Waals surface area contributed by atoms with Crippen molar-refractivity contribution in [3.63, 3.8) is 0 Å². The number of fused-ring (bicyclic) bond motifs is 2. The normalized spacial score (nSPS) is 26.5. The first-order valence-electron chi connectivity index (χ1n) is 7.41. The molecular weight excluding hydrogens is 341 g/mol. The van der Waals surface area contributed by atoms with Gasteiger partial charge < -0.3 is 9.84 Å². The third-order valence-corrected chi connectivity index (χ3v) is 6.73. The molecule has 0 aliphatic carbocycles. The Morgan fingerprint density at radius 3 is 2.62 bits per heavy atom. The minimum absolute atomic E-state index is 0.244. The second-order valence-corrected chi connectivity index (χ2v) is 7.76. The van der Waals surface area contributed by atoms with E-state index in [9.17, 15) is 27.5 Å². The molecule has 3 rings (SSSR count). The van der Waals surface area contributed by atoms with Gasteiger partial charge in [0.2, 0.25) is 10.0 Å². The monoisotopic (exact) mass is 357 g/mol. The van der Waals surface area contributed by atoms with Crippen LogP contribution in [0, 0.1) is 11.7 Å². The predicted octanol–water partition coefficient (Wildman–Crippen LogP) is 1.24. The highest BCUT2D eigenvalue weighted by Gasteiger charge is 2.54. The molecule has 3 atom stereocenters. The standard InChI is InChI=1S/C15H16FNO6S/c1-23-15(20)11-6-8(16)2-5-13(11)24(21,22)17-9-3-4-12(17)10(7-9)14(18)19/h2,5-6,9-10,12H,3-4,7H2,1H3,(H,18,19). The fraction of sp³-hybridized carbons (Fsp3) is 0.467. The first kappa shape index (κ1) is 16.8. The lowest BCUT2D eigenvalue weighted by Gasteiger charge is -2.23. The van der Waals surface area contributed by atoms with Crippen LogP contribution < -0.4 is 0 Å². The smallest absolute Gasteiger partial charge is 0.339 e. The van der Waals surface area contributed by atoms with E-state index in [1.165, 1.54) is 4.31 Å². The lowest BCUT2D eigenvalue weighted by Crippen LogP contribution is -2.38. The number of benzene rings is 1. The maximum absolute atomic E-state index is 13.4. The number of carbonyl (C=O) groups excluding carboxylic acids is 1. The molecule has 2 bridgehead atoms. The average Bonchev–Trinajstić information content (AvgIpc) is 3.12. The van der Waals surface area contributed by atoms with Gasteiger partial charge >= 0.3 is 11.9 Å². The Morgan fingerprint density at radius 2 is 2.04 bits per heavy atom. The third kappa shape index (κ3) is 2.48. The van der Waals surface area contributed by atoms with E-state index in [-0.39, 0.29) is 11.3 Å². The Kier molecular flexibility index (Phi) is 4.08. The molecular formula is C15H16FNO6S. The Balaban J connectivity index is 2.07. The van der Waals surface area contributed by atoms with Crippen molar-refractivity contribution in [2.75, 3.05) is 7.11 Å². The molecule has 0 amide bonds. The number of carboxylic acids is 1. The van der Waals surface area contributed by atoms with E-state index >= 15 is 0 Å². The number of esters is 1. The molecule has 0 aromatic heterocycles. The molecule has 9 heteroatoms. The highest BCUT2D eigenvalue weighted by atomic mass is 32.2. The van der Waals surface area contributed by atoms with Gasteiger partial charge in [-0.15, -0.1) is 0 Å². The van der Waals surface area contributed by atoms with Crippen LogP contribution >= 0.6 is 0 Å². The van der Waals surface area contributed by atoms with Crippen molar-refractivity contribution in [2.24, 2.45) is 5.92 Å². The van der Waals surface area contributed by atoms with E-state index in [4.69, 9.17) is 0 Å². The van der Waals surface area contributed by atoms with Gasteiger partial charge in [-0.1, -0.05) is 0 Å². The molecule has 2 saturated heterocycles. The zero-order valence-corrected chi connectivity index (χ0v) is 13.6. The lowest BCUT2D eigenvalue weighted by molar-refractivity contribution is -0.142. The molecule has 130 valence electrons. The summed E-state index contributed by atoms with van der Waals surface area (Å²) in [6.45, 7) is 0. The first-order chi connectivity index (χ1) is 11.3. The van der Waals surface area contributed by atoms with E-state index in [0.717, 1.165) is 25.3 Å². The third-order valence-electron chi connectivity index (χ3n) is 4.69. The molecule has 3 unspecified atom stereocenters. The summed E-state index contributed by atoms with van der Waals surface area (Å²) in [6.07, 6.45) is 1.27. The molecule has 24 heavy (non-hydrogen) atoms. The number of sulfonamides is 1. The molecule has 1 aromatic rings. The van der Waals surface area contributed by atoms with Gasteiger partial charge in [-0.3, -0.25) is 4.79 Å². The summed E-state index contributed by atoms with van der Waals surface area (Å²) >= 11 is 0. The van der Waals surface area contributed by atoms with Gasteiger partial charge in [-0.2, -0.15) is 4.31 Å². The zero-order valence-electron chi connectivity index (χ0n) is 12.8. The van der Waals surface area contributed by atoms with Gasteiger partial charge in [0.15, 0.2) is 0 Å². The number of ether oxygens (including phenoxy) is 1. The van der Waals surface area contributed by atoms with Gasteiger partial charge in [0, 0.05) is 12.1 Å². The number of methoxy groups -OCH3 is 1. The van der Waals surface area contributed by atoms with Crippen molar-refractivity contribution in [3.05, 3.63) is 29.6 Å². The van der Waals surface area contributed by atoms with Crippen LogP contribution in [0.1, 0.15) is 29.6 Å². The fourth-order valence-electron chi connectivity index (χ4n) is 3.69. The Labute approximate surface area is 138 Å². The largest absolute Gasteiger partial charge is 0.481 e. The number of hydrogen-bond acceptors (Lipinski definition) is 5. The molecule has 0 saturated carbocycles. The molecule has 2 aliphatic heterocycles. The Hall–Kier alpha value is -2.00. The van der Waals surface area contributed by atoms with Gasteiger partial charge in [0.05, 0.1) is 23.5 Å². The number of aliphatic carboxylic acids is 1. The van der Waals surface area contributed by atoms with Crippen molar-refractivity contribution >= 4 is 22.0 Å². The van der Waals surface area contributed by atoms with Crippen molar-refractivity contribution in [2.45, 2.75) is 36.2 Å². The van der Waals surface area contributed by atoms with Gasteiger partial charge in [-0.05, 0) is 37.5 Å². The Bertz CT molecular complexity index is 808. The number of rotatable bonds is 4. The van der Waals surface area contributed by atoms with E-state index in [0.29, 0.717) is 12.8 Å². The minimum atomic E-state index is -4.14. The summed E-state index contributed by atoms with van der Waals surface area (Å²) < 4.78 is 45.2. The van der Waals surface area contributed by atoms with Crippen molar-refractivity contribution in [1.82, 2.24) is 4.31 Å². The fourth-order valence-corrected chi connectivity index (χ4v) is 5.77. The minimum Gasteiger partial charge on any atom is -0.481 e. The second-order valence-electron chi connectivity index (χ2n) is 5.95. The van der Waals surface area contributed by atoms with Crippen LogP contribution in [-0.4, -0.2) is 49.0 Å². The molecule has 7 nitrogen and oxygen atoms in total. The van der Waals surface area contributed by atoms with Crippen molar-refractivity contribution < 1.29 is 32.2 Å². The quantitative estimate of drug-likeness (QED) is 0.814. The number of carboxylic acid groups (broad SMARTS) is 1. The lowest BCUT2D eigenvalue weighted by atomic mass is 9.89. The zero-order chi connectivity index (χ0) is 17.6. The van der Waals surface area contributed by atoms with Crippen molar-refractivity contribution in [1.29, 1.82) is 0 Å². The van der Waals surface area contributed by atoms with Crippen molar-refractivity contribution in [3.8, 4) is 0 Å². The van der Waals surface area contributed by atoms with E-state index in [1.54, 1.807) is 0 Å². The van der Waals surface area contributed by atoms with Crippen LogP contribution in [0.5, 0.6) is 0 Å². The number of halogens is 1. The second kappa shape index (κ2) is 5.82. The molecule has 2 aliphatic rings. The highest BCUT2D eigenvalue weighted by Crippen LogP contribution is 2.45. The Morgan fingerprint density at radius 1 is 1.33 bits per heavy atom. The van der Waals surface area contributed by atoms with Crippen LogP contribution in [0.4, 0.5) is 4.39 Å². The summed E-state index contributed by atoms with van der Waals surface area (Å²) in [4.78, 5) is 22.8. The van der Waals surface area contributed by atoms with Gasteiger partial charge in [-0.25, -0.2) is 17.6 Å². The topological polar surface area (TPSA) is 101 Å². The van der Waals surface area contributed by atoms with Crippen LogP contribution in [0.3, 0.4) is 0 Å². The average molecular weight is 357 g/mol. The summed E-state index contributed by atoms with van der Waals surface area (Å²) in [5.41, 5.74) is -0.393. The summed E-state index contributed by atoms with van der Waals surface area (Å²) in [7, 11) is -3.07. The molecule has 1 aromatic carbocycles. The predicted molar refractivity (Wildman–Crippen MR) is 79.3 cm³/mol. The maximum atomic E-state index is 13.4. The number of hydrogen-bond donors (Lipinski definition) is 1. The van der Waals surface area contributed by atoms with E-state index < -0.39 is 51.3 Å². The molecule has 2 heterocycles. The summed E-state index contributed by atoms with van der Waals surface area (Å²) in [5.74, 6) is -3.52.